The van der Waals surface area contributed by atoms with Gasteiger partial charge in [0.25, 0.3) is 0 Å². The van der Waals surface area contributed by atoms with Crippen LogP contribution in [0.1, 0.15) is 0 Å². The molecule has 0 saturated heterocycles. The van der Waals surface area contributed by atoms with E-state index in [9.17, 15) is 0 Å². The van der Waals surface area contributed by atoms with Gasteiger partial charge in [0.2, 0.25) is 0 Å². The van der Waals surface area contributed by atoms with Gasteiger partial charge in [-0.2, -0.15) is 0 Å². The van der Waals surface area contributed by atoms with Crippen LogP contribution in [0.15, 0.2) is 36.7 Å². The Morgan fingerprint density at radius 1 is 1.09 bits per heavy atom. The standard InChI is InChI=1S/C16H16N4O2/c1-20-9-18-16-12(17)6-11(7-13(16)20)19-10-2-3-14-15(8-10)22-5-4-21-14/h2-3,6-9,19H,4-5,17H2,1H3. The van der Waals surface area contributed by atoms with Gasteiger partial charge in [-0.25, -0.2) is 4.98 Å². The van der Waals surface area contributed by atoms with Gasteiger partial charge in [-0.15, -0.1) is 0 Å². The average molecular weight is 296 g/mol. The number of anilines is 3. The molecule has 0 bridgehead atoms. The van der Waals surface area contributed by atoms with Crippen molar-refractivity contribution in [1.82, 2.24) is 9.55 Å². The Morgan fingerprint density at radius 3 is 2.77 bits per heavy atom. The Morgan fingerprint density at radius 2 is 1.91 bits per heavy atom. The number of benzene rings is 2. The van der Waals surface area contributed by atoms with Crippen LogP contribution < -0.4 is 20.5 Å². The predicted octanol–water partition coefficient (Wildman–Crippen LogP) is 2.67. The molecule has 0 amide bonds. The van der Waals surface area contributed by atoms with Crippen LogP contribution >= 0.6 is 0 Å². The molecule has 3 N–H and O–H groups in total. The first-order valence-corrected chi connectivity index (χ1v) is 7.08. The fourth-order valence-corrected chi connectivity index (χ4v) is 2.62. The van der Waals surface area contributed by atoms with Crippen LogP contribution in [-0.2, 0) is 7.05 Å². The molecule has 6 heteroatoms. The molecule has 0 fully saturated rings. The van der Waals surface area contributed by atoms with Crippen molar-refractivity contribution in [2.75, 3.05) is 24.3 Å². The van der Waals surface area contributed by atoms with Gasteiger partial charge in [0.1, 0.15) is 18.7 Å². The molecule has 3 aromatic rings. The normalized spacial score (nSPS) is 13.3. The Kier molecular flexibility index (Phi) is 2.82. The van der Waals surface area contributed by atoms with E-state index in [1.54, 1.807) is 6.33 Å². The molecule has 2 heterocycles. The maximum atomic E-state index is 6.07. The Balaban J connectivity index is 1.69. The molecule has 0 unspecified atom stereocenters. The molecule has 22 heavy (non-hydrogen) atoms. The molecule has 1 aromatic heterocycles. The summed E-state index contributed by atoms with van der Waals surface area (Å²) in [6.07, 6.45) is 1.76. The second kappa shape index (κ2) is 4.84. The van der Waals surface area contributed by atoms with E-state index >= 15 is 0 Å². The Labute approximate surface area is 127 Å². The number of nitrogens with two attached hydrogens (primary N) is 1. The van der Waals surface area contributed by atoms with Gasteiger partial charge in [-0.3, -0.25) is 0 Å². The molecule has 6 nitrogen and oxygen atoms in total. The van der Waals surface area contributed by atoms with Gasteiger partial charge in [-0.1, -0.05) is 0 Å². The third-order valence-electron chi connectivity index (χ3n) is 3.69. The summed E-state index contributed by atoms with van der Waals surface area (Å²) in [7, 11) is 1.95. The lowest BCUT2D eigenvalue weighted by molar-refractivity contribution is 0.171. The molecule has 0 saturated carbocycles. The van der Waals surface area contributed by atoms with Crippen molar-refractivity contribution < 1.29 is 9.47 Å². The first kappa shape index (κ1) is 12.8. The zero-order valence-corrected chi connectivity index (χ0v) is 12.2. The summed E-state index contributed by atoms with van der Waals surface area (Å²) in [4.78, 5) is 4.30. The monoisotopic (exact) mass is 296 g/mol. The topological polar surface area (TPSA) is 74.3 Å². The van der Waals surface area contributed by atoms with Gasteiger partial charge in [0, 0.05) is 24.5 Å². The largest absolute Gasteiger partial charge is 0.486 e. The van der Waals surface area contributed by atoms with E-state index in [2.05, 4.69) is 10.3 Å². The zero-order chi connectivity index (χ0) is 15.1. The number of imidazole rings is 1. The molecule has 2 aromatic carbocycles. The number of rotatable bonds is 2. The van der Waals surface area contributed by atoms with Crippen molar-refractivity contribution in [3.8, 4) is 11.5 Å². The van der Waals surface area contributed by atoms with E-state index in [1.165, 1.54) is 0 Å². The highest BCUT2D eigenvalue weighted by Gasteiger charge is 2.12. The summed E-state index contributed by atoms with van der Waals surface area (Å²) in [5.74, 6) is 1.53. The van der Waals surface area contributed by atoms with E-state index in [1.807, 2.05) is 41.9 Å². The molecular formula is C16H16N4O2. The molecule has 112 valence electrons. The summed E-state index contributed by atoms with van der Waals surface area (Å²) in [5, 5.41) is 3.35. The fourth-order valence-electron chi connectivity index (χ4n) is 2.62. The zero-order valence-electron chi connectivity index (χ0n) is 12.2. The smallest absolute Gasteiger partial charge is 0.163 e. The van der Waals surface area contributed by atoms with Gasteiger partial charge >= 0.3 is 0 Å². The third-order valence-corrected chi connectivity index (χ3v) is 3.69. The molecular weight excluding hydrogens is 280 g/mol. The van der Waals surface area contributed by atoms with Gasteiger partial charge < -0.3 is 25.1 Å². The summed E-state index contributed by atoms with van der Waals surface area (Å²) in [5.41, 5.74) is 10.4. The molecule has 1 aliphatic rings. The Hall–Kier alpha value is -2.89. The highest BCUT2D eigenvalue weighted by molar-refractivity contribution is 5.91. The number of ether oxygens (including phenoxy) is 2. The van der Waals surface area contributed by atoms with Crippen LogP contribution in [0, 0.1) is 0 Å². The number of nitrogens with one attached hydrogen (secondary N) is 1. The minimum Gasteiger partial charge on any atom is -0.486 e. The second-order valence-electron chi connectivity index (χ2n) is 5.27. The maximum absolute atomic E-state index is 6.07. The van der Waals surface area contributed by atoms with Crippen LogP contribution in [0.25, 0.3) is 11.0 Å². The van der Waals surface area contributed by atoms with Gasteiger partial charge in [-0.05, 0) is 24.3 Å². The van der Waals surface area contributed by atoms with Gasteiger partial charge in [0.15, 0.2) is 11.5 Å². The number of fused-ring (bicyclic) bond motifs is 2. The van der Waals surface area contributed by atoms with Crippen LogP contribution in [0.5, 0.6) is 11.5 Å². The second-order valence-corrected chi connectivity index (χ2v) is 5.27. The van der Waals surface area contributed by atoms with Crippen LogP contribution in [0.3, 0.4) is 0 Å². The lowest BCUT2D eigenvalue weighted by Gasteiger charge is -2.19. The number of aryl methyl sites for hydroxylation is 1. The minimum atomic E-state index is 0.574. The molecule has 0 radical (unpaired) electrons. The summed E-state index contributed by atoms with van der Waals surface area (Å²) in [6, 6.07) is 9.69. The van der Waals surface area contributed by atoms with Crippen LogP contribution in [0.4, 0.5) is 17.1 Å². The lowest BCUT2D eigenvalue weighted by Crippen LogP contribution is -2.15. The number of nitrogens with zero attached hydrogens (tertiary/aromatic N) is 2. The summed E-state index contributed by atoms with van der Waals surface area (Å²) < 4.78 is 13.1. The lowest BCUT2D eigenvalue weighted by atomic mass is 10.2. The molecule has 0 atom stereocenters. The summed E-state index contributed by atoms with van der Waals surface area (Å²) in [6.45, 7) is 1.16. The third kappa shape index (κ3) is 2.09. The molecule has 0 spiro atoms. The SMILES string of the molecule is Cn1cnc2c(N)cc(Nc3ccc4c(c3)OCCO4)cc21. The predicted molar refractivity (Wildman–Crippen MR) is 85.8 cm³/mol. The summed E-state index contributed by atoms with van der Waals surface area (Å²) >= 11 is 0. The molecule has 0 aliphatic carbocycles. The van der Waals surface area contributed by atoms with E-state index < -0.39 is 0 Å². The van der Waals surface area contributed by atoms with Crippen molar-refractivity contribution >= 4 is 28.1 Å². The van der Waals surface area contributed by atoms with Crippen molar-refractivity contribution in [1.29, 1.82) is 0 Å². The maximum Gasteiger partial charge on any atom is 0.163 e. The van der Waals surface area contributed by atoms with Gasteiger partial charge in [0.05, 0.1) is 17.5 Å². The van der Waals surface area contributed by atoms with E-state index in [-0.39, 0.29) is 0 Å². The Bertz CT molecular complexity index is 857. The molecule has 1 aliphatic heterocycles. The molecule has 4 rings (SSSR count). The fraction of sp³-hybridized carbons (Fsp3) is 0.188. The van der Waals surface area contributed by atoms with Crippen molar-refractivity contribution in [3.63, 3.8) is 0 Å². The van der Waals surface area contributed by atoms with Crippen molar-refractivity contribution in [2.24, 2.45) is 7.05 Å². The quantitative estimate of drug-likeness (QED) is 0.711. The number of aromatic nitrogens is 2. The van der Waals surface area contributed by atoms with E-state index in [0.29, 0.717) is 18.9 Å². The first-order chi connectivity index (χ1) is 10.7. The first-order valence-electron chi connectivity index (χ1n) is 7.08. The van der Waals surface area contributed by atoms with Crippen molar-refractivity contribution in [3.05, 3.63) is 36.7 Å². The highest BCUT2D eigenvalue weighted by atomic mass is 16.6. The number of nitrogen functional groups attached to an aromatic ring is 1. The van der Waals surface area contributed by atoms with Crippen molar-refractivity contribution in [2.45, 2.75) is 0 Å². The van der Waals surface area contributed by atoms with Crippen LogP contribution in [-0.4, -0.2) is 22.8 Å². The van der Waals surface area contributed by atoms with Crippen LogP contribution in [0.2, 0.25) is 0 Å². The number of hydrogen-bond donors (Lipinski definition) is 2. The highest BCUT2D eigenvalue weighted by Crippen LogP contribution is 2.34. The van der Waals surface area contributed by atoms with E-state index in [4.69, 9.17) is 15.2 Å². The van der Waals surface area contributed by atoms with E-state index in [0.717, 1.165) is 33.9 Å². The number of hydrogen-bond acceptors (Lipinski definition) is 5. The minimum absolute atomic E-state index is 0.574. The average Bonchev–Trinajstić information content (AvgIpc) is 2.89.